The van der Waals surface area contributed by atoms with Gasteiger partial charge < -0.3 is 10.2 Å². The van der Waals surface area contributed by atoms with E-state index in [1.54, 1.807) is 0 Å². The van der Waals surface area contributed by atoms with Crippen LogP contribution in [0.1, 0.15) is 40.8 Å². The zero-order valence-electron chi connectivity index (χ0n) is 17.4. The standard InChI is InChI=1S/C23H28N4OS/c1-16-17(2)21(14-24)23(25-18(16)3)29-15-22(28)26-20-8-6-19(7-9-20)10-13-27-11-4-5-12-27/h6-9H,4-5,10-13,15H2,1-3H3,(H,26,28). The second-order valence-electron chi connectivity index (χ2n) is 7.57. The van der Waals surface area contributed by atoms with Crippen molar-refractivity contribution in [3.05, 3.63) is 52.2 Å². The molecule has 0 aliphatic carbocycles. The van der Waals surface area contributed by atoms with E-state index in [9.17, 15) is 10.1 Å². The Labute approximate surface area is 177 Å². The number of pyridine rings is 1. The molecule has 1 N–H and O–H groups in total. The first-order chi connectivity index (χ1) is 14.0. The summed E-state index contributed by atoms with van der Waals surface area (Å²) < 4.78 is 0. The van der Waals surface area contributed by atoms with E-state index in [1.807, 2.05) is 32.9 Å². The Morgan fingerprint density at radius 2 is 1.86 bits per heavy atom. The monoisotopic (exact) mass is 408 g/mol. The molecule has 1 fully saturated rings. The highest BCUT2D eigenvalue weighted by molar-refractivity contribution is 8.00. The molecule has 1 amide bonds. The van der Waals surface area contributed by atoms with E-state index in [4.69, 9.17) is 0 Å². The van der Waals surface area contributed by atoms with Gasteiger partial charge in [-0.3, -0.25) is 4.79 Å². The summed E-state index contributed by atoms with van der Waals surface area (Å²) in [5, 5.41) is 13.0. The van der Waals surface area contributed by atoms with Gasteiger partial charge in [0, 0.05) is 17.9 Å². The minimum atomic E-state index is -0.0959. The van der Waals surface area contributed by atoms with Crippen LogP contribution in [0.15, 0.2) is 29.3 Å². The molecule has 0 bridgehead atoms. The lowest BCUT2D eigenvalue weighted by Gasteiger charge is -2.14. The molecule has 3 rings (SSSR count). The van der Waals surface area contributed by atoms with Gasteiger partial charge in [0.1, 0.15) is 11.1 Å². The Bertz CT molecular complexity index is 912. The second kappa shape index (κ2) is 9.91. The lowest BCUT2D eigenvalue weighted by molar-refractivity contribution is -0.113. The van der Waals surface area contributed by atoms with E-state index in [-0.39, 0.29) is 11.7 Å². The Kier molecular flexibility index (Phi) is 7.29. The summed E-state index contributed by atoms with van der Waals surface area (Å²) in [7, 11) is 0. The van der Waals surface area contributed by atoms with Gasteiger partial charge in [0.15, 0.2) is 0 Å². The van der Waals surface area contributed by atoms with Crippen LogP contribution >= 0.6 is 11.8 Å². The quantitative estimate of drug-likeness (QED) is 0.694. The molecular weight excluding hydrogens is 380 g/mol. The largest absolute Gasteiger partial charge is 0.325 e. The van der Waals surface area contributed by atoms with Gasteiger partial charge in [-0.05, 0) is 81.9 Å². The van der Waals surface area contributed by atoms with E-state index in [0.717, 1.165) is 35.5 Å². The number of nitriles is 1. The number of aromatic nitrogens is 1. The number of anilines is 1. The van der Waals surface area contributed by atoms with Crippen molar-refractivity contribution >= 4 is 23.4 Å². The van der Waals surface area contributed by atoms with Crippen molar-refractivity contribution in [2.75, 3.05) is 30.7 Å². The molecule has 2 aromatic rings. The third-order valence-corrected chi connectivity index (χ3v) is 6.54. The van der Waals surface area contributed by atoms with Crippen molar-refractivity contribution in [3.63, 3.8) is 0 Å². The van der Waals surface area contributed by atoms with Gasteiger partial charge in [-0.1, -0.05) is 23.9 Å². The smallest absolute Gasteiger partial charge is 0.234 e. The molecule has 2 heterocycles. The molecule has 1 aliphatic heterocycles. The predicted octanol–water partition coefficient (Wildman–Crippen LogP) is 4.25. The molecule has 0 radical (unpaired) electrons. The predicted molar refractivity (Wildman–Crippen MR) is 118 cm³/mol. The highest BCUT2D eigenvalue weighted by Crippen LogP contribution is 2.26. The number of rotatable bonds is 7. The number of hydrogen-bond acceptors (Lipinski definition) is 5. The maximum Gasteiger partial charge on any atom is 0.234 e. The third kappa shape index (κ3) is 5.59. The molecule has 0 atom stereocenters. The summed E-state index contributed by atoms with van der Waals surface area (Å²) in [6.45, 7) is 9.36. The number of benzene rings is 1. The van der Waals surface area contributed by atoms with Crippen LogP contribution < -0.4 is 5.32 Å². The minimum absolute atomic E-state index is 0.0959. The minimum Gasteiger partial charge on any atom is -0.325 e. The summed E-state index contributed by atoms with van der Waals surface area (Å²) in [6, 6.07) is 10.3. The van der Waals surface area contributed by atoms with Crippen LogP contribution in [0.3, 0.4) is 0 Å². The first kappa shape index (κ1) is 21.4. The first-order valence-electron chi connectivity index (χ1n) is 10.1. The fourth-order valence-electron chi connectivity index (χ4n) is 3.53. The molecule has 1 aromatic carbocycles. The number of carbonyl (C=O) groups is 1. The summed E-state index contributed by atoms with van der Waals surface area (Å²) in [5.74, 6) is 0.127. The number of likely N-dealkylation sites (tertiary alicyclic amines) is 1. The van der Waals surface area contributed by atoms with Crippen LogP contribution in [-0.2, 0) is 11.2 Å². The maximum absolute atomic E-state index is 12.4. The molecule has 29 heavy (non-hydrogen) atoms. The number of hydrogen-bond donors (Lipinski definition) is 1. The van der Waals surface area contributed by atoms with E-state index in [1.165, 1.54) is 43.3 Å². The fraction of sp³-hybridized carbons (Fsp3) is 0.435. The highest BCUT2D eigenvalue weighted by atomic mass is 32.2. The van der Waals surface area contributed by atoms with E-state index < -0.39 is 0 Å². The van der Waals surface area contributed by atoms with Gasteiger partial charge in [0.2, 0.25) is 5.91 Å². The number of carbonyl (C=O) groups excluding carboxylic acids is 1. The Morgan fingerprint density at radius 3 is 2.52 bits per heavy atom. The molecule has 152 valence electrons. The van der Waals surface area contributed by atoms with Crippen molar-refractivity contribution in [2.45, 2.75) is 45.1 Å². The molecule has 0 saturated carbocycles. The number of aryl methyl sites for hydroxylation is 1. The van der Waals surface area contributed by atoms with Crippen molar-refractivity contribution in [1.29, 1.82) is 5.26 Å². The van der Waals surface area contributed by atoms with E-state index in [2.05, 4.69) is 33.4 Å². The second-order valence-corrected chi connectivity index (χ2v) is 8.54. The van der Waals surface area contributed by atoms with Crippen LogP contribution in [0.4, 0.5) is 5.69 Å². The van der Waals surface area contributed by atoms with E-state index in [0.29, 0.717) is 10.6 Å². The molecule has 5 nitrogen and oxygen atoms in total. The Hall–Kier alpha value is -2.36. The molecule has 6 heteroatoms. The van der Waals surface area contributed by atoms with Crippen molar-refractivity contribution in [1.82, 2.24) is 9.88 Å². The maximum atomic E-state index is 12.4. The molecule has 0 spiro atoms. The van der Waals surface area contributed by atoms with Crippen LogP contribution in [0.2, 0.25) is 0 Å². The van der Waals surface area contributed by atoms with Crippen molar-refractivity contribution in [2.24, 2.45) is 0 Å². The Morgan fingerprint density at radius 1 is 1.17 bits per heavy atom. The number of nitrogens with one attached hydrogen (secondary N) is 1. The lowest BCUT2D eigenvalue weighted by Crippen LogP contribution is -2.21. The van der Waals surface area contributed by atoms with Gasteiger partial charge in [-0.2, -0.15) is 5.26 Å². The summed E-state index contributed by atoms with van der Waals surface area (Å²) in [4.78, 5) is 19.4. The normalized spacial score (nSPS) is 14.0. The van der Waals surface area contributed by atoms with Crippen LogP contribution in [-0.4, -0.2) is 41.2 Å². The summed E-state index contributed by atoms with van der Waals surface area (Å²) >= 11 is 1.31. The highest BCUT2D eigenvalue weighted by Gasteiger charge is 2.14. The van der Waals surface area contributed by atoms with Crippen LogP contribution in [0.5, 0.6) is 0 Å². The zero-order valence-corrected chi connectivity index (χ0v) is 18.2. The fourth-order valence-corrected chi connectivity index (χ4v) is 4.41. The lowest BCUT2D eigenvalue weighted by atomic mass is 10.1. The van der Waals surface area contributed by atoms with Gasteiger partial charge in [-0.25, -0.2) is 4.98 Å². The van der Waals surface area contributed by atoms with Gasteiger partial charge in [-0.15, -0.1) is 0 Å². The molecule has 1 aromatic heterocycles. The third-order valence-electron chi connectivity index (χ3n) is 5.57. The SMILES string of the molecule is Cc1nc(SCC(=O)Nc2ccc(CCN3CCCC3)cc2)c(C#N)c(C)c1C. The van der Waals surface area contributed by atoms with Gasteiger partial charge >= 0.3 is 0 Å². The van der Waals surface area contributed by atoms with Crippen LogP contribution in [0.25, 0.3) is 0 Å². The molecular formula is C23H28N4OS. The summed E-state index contributed by atoms with van der Waals surface area (Å²) in [5.41, 5.74) is 5.51. The van der Waals surface area contributed by atoms with Crippen molar-refractivity contribution < 1.29 is 4.79 Å². The Balaban J connectivity index is 1.52. The van der Waals surface area contributed by atoms with Crippen molar-refractivity contribution in [3.8, 4) is 6.07 Å². The average molecular weight is 409 g/mol. The number of nitrogens with zero attached hydrogens (tertiary/aromatic N) is 3. The number of thioether (sulfide) groups is 1. The number of amides is 1. The molecule has 1 aliphatic rings. The topological polar surface area (TPSA) is 69.0 Å². The molecule has 1 saturated heterocycles. The van der Waals surface area contributed by atoms with Crippen LogP contribution in [0, 0.1) is 32.1 Å². The van der Waals surface area contributed by atoms with E-state index >= 15 is 0 Å². The first-order valence-corrected chi connectivity index (χ1v) is 11.1. The van der Waals surface area contributed by atoms with Gasteiger partial charge in [0.05, 0.1) is 11.3 Å². The molecule has 0 unspecified atom stereocenters. The zero-order chi connectivity index (χ0) is 20.8. The average Bonchev–Trinajstić information content (AvgIpc) is 3.24. The van der Waals surface area contributed by atoms with Gasteiger partial charge in [0.25, 0.3) is 0 Å². The summed E-state index contributed by atoms with van der Waals surface area (Å²) in [6.07, 6.45) is 3.67.